The first-order chi connectivity index (χ1) is 13.1. The van der Waals surface area contributed by atoms with Gasteiger partial charge in [-0.2, -0.15) is 0 Å². The smallest absolute Gasteiger partial charge is 0.333 e. The van der Waals surface area contributed by atoms with E-state index >= 15 is 0 Å². The predicted octanol–water partition coefficient (Wildman–Crippen LogP) is -0.148. The van der Waals surface area contributed by atoms with Crippen molar-refractivity contribution >= 4 is 17.5 Å². The van der Waals surface area contributed by atoms with Gasteiger partial charge in [-0.25, -0.2) is 4.68 Å². The number of rotatable bonds is 5. The number of carbonyl (C=O) groups is 1. The lowest BCUT2D eigenvalue weighted by atomic mass is 10.2. The monoisotopic (exact) mass is 371 g/mol. The van der Waals surface area contributed by atoms with Crippen LogP contribution in [-0.2, 0) is 22.6 Å². The summed E-state index contributed by atoms with van der Waals surface area (Å²) in [5.41, 5.74) is -0.574. The largest absolute Gasteiger partial charge is 0.376 e. The third-order valence-electron chi connectivity index (χ3n) is 4.81. The quantitative estimate of drug-likeness (QED) is 0.734. The molecule has 2 aliphatic rings. The first kappa shape index (κ1) is 17.5. The summed E-state index contributed by atoms with van der Waals surface area (Å²) in [7, 11) is 0. The van der Waals surface area contributed by atoms with Gasteiger partial charge in [0.2, 0.25) is 11.9 Å². The van der Waals surface area contributed by atoms with E-state index in [1.165, 1.54) is 4.57 Å². The van der Waals surface area contributed by atoms with E-state index in [0.29, 0.717) is 32.2 Å². The molecule has 1 amide bonds. The standard InChI is InChI=1S/C18H21N5O4/c24-15(19-11-14-7-4-10-27-14)12-23-17(26)16(25)22-9-8-21(18(22)20-23)13-5-2-1-3-6-13/h1-3,5-6,14H,4,7-12H2,(H,19,24)/t14-/m1/s1. The second-order valence-electron chi connectivity index (χ2n) is 6.65. The van der Waals surface area contributed by atoms with Crippen LogP contribution in [0.1, 0.15) is 12.8 Å². The van der Waals surface area contributed by atoms with E-state index in [-0.39, 0.29) is 18.6 Å². The van der Waals surface area contributed by atoms with E-state index in [1.54, 1.807) is 0 Å². The maximum Gasteiger partial charge on any atom is 0.333 e. The second kappa shape index (κ2) is 7.36. The Morgan fingerprint density at radius 3 is 2.74 bits per heavy atom. The number of amides is 1. The lowest BCUT2D eigenvalue weighted by Gasteiger charge is -2.17. The fourth-order valence-electron chi connectivity index (χ4n) is 3.41. The van der Waals surface area contributed by atoms with E-state index in [1.807, 2.05) is 35.2 Å². The predicted molar refractivity (Wildman–Crippen MR) is 98.2 cm³/mol. The van der Waals surface area contributed by atoms with Gasteiger partial charge in [0.25, 0.3) is 0 Å². The van der Waals surface area contributed by atoms with Crippen LogP contribution >= 0.6 is 0 Å². The van der Waals surface area contributed by atoms with Crippen LogP contribution in [-0.4, -0.2) is 46.1 Å². The molecule has 0 saturated carbocycles. The zero-order valence-electron chi connectivity index (χ0n) is 14.8. The maximum absolute atomic E-state index is 12.4. The fraction of sp³-hybridized carbons (Fsp3) is 0.444. The van der Waals surface area contributed by atoms with Crippen molar-refractivity contribution in [2.75, 3.05) is 24.6 Å². The molecule has 1 aromatic heterocycles. The van der Waals surface area contributed by atoms with Gasteiger partial charge < -0.3 is 15.0 Å². The number of carbonyl (C=O) groups excluding carboxylic acids is 1. The van der Waals surface area contributed by atoms with Crippen molar-refractivity contribution in [1.29, 1.82) is 0 Å². The number of aromatic nitrogens is 3. The zero-order chi connectivity index (χ0) is 18.8. The van der Waals surface area contributed by atoms with Crippen molar-refractivity contribution in [3.8, 4) is 0 Å². The average Bonchev–Trinajstić information content (AvgIpc) is 3.35. The molecule has 9 nitrogen and oxygen atoms in total. The Kier molecular flexibility index (Phi) is 4.76. The molecule has 1 N–H and O–H groups in total. The number of para-hydroxylation sites is 1. The highest BCUT2D eigenvalue weighted by Crippen LogP contribution is 2.25. The van der Waals surface area contributed by atoms with Gasteiger partial charge in [-0.1, -0.05) is 18.2 Å². The van der Waals surface area contributed by atoms with Gasteiger partial charge in [0.15, 0.2) is 0 Å². The SMILES string of the molecule is O=C(Cn1nc2n(c(=O)c1=O)CCN2c1ccccc1)NC[C@H]1CCCO1. The van der Waals surface area contributed by atoms with E-state index in [2.05, 4.69) is 10.4 Å². The molecule has 0 radical (unpaired) electrons. The maximum atomic E-state index is 12.4. The summed E-state index contributed by atoms with van der Waals surface area (Å²) in [5.74, 6) is 0.00596. The number of anilines is 2. The van der Waals surface area contributed by atoms with Crippen LogP contribution in [0.4, 0.5) is 11.6 Å². The Labute approximate surface area is 155 Å². The molecule has 1 saturated heterocycles. The van der Waals surface area contributed by atoms with Gasteiger partial charge in [-0.05, 0) is 25.0 Å². The van der Waals surface area contributed by atoms with Gasteiger partial charge in [0, 0.05) is 31.9 Å². The summed E-state index contributed by atoms with van der Waals surface area (Å²) in [6, 6.07) is 9.51. The van der Waals surface area contributed by atoms with Crippen molar-refractivity contribution in [2.24, 2.45) is 0 Å². The van der Waals surface area contributed by atoms with Crippen LogP contribution in [0.15, 0.2) is 39.9 Å². The molecule has 4 rings (SSSR count). The van der Waals surface area contributed by atoms with Crippen LogP contribution in [0.2, 0.25) is 0 Å². The molecule has 1 aromatic carbocycles. The van der Waals surface area contributed by atoms with Crippen LogP contribution < -0.4 is 21.3 Å². The molecule has 0 aliphatic carbocycles. The van der Waals surface area contributed by atoms with Crippen molar-refractivity contribution in [3.05, 3.63) is 51.0 Å². The zero-order valence-corrected chi connectivity index (χ0v) is 14.8. The minimum Gasteiger partial charge on any atom is -0.376 e. The van der Waals surface area contributed by atoms with E-state index in [0.717, 1.165) is 23.2 Å². The Balaban J connectivity index is 1.55. The van der Waals surface area contributed by atoms with Crippen LogP contribution in [0.3, 0.4) is 0 Å². The summed E-state index contributed by atoms with van der Waals surface area (Å²) >= 11 is 0. The van der Waals surface area contributed by atoms with E-state index < -0.39 is 11.1 Å². The molecule has 142 valence electrons. The average molecular weight is 371 g/mol. The molecule has 9 heteroatoms. The normalized spacial score (nSPS) is 18.5. The van der Waals surface area contributed by atoms with Crippen molar-refractivity contribution < 1.29 is 9.53 Å². The highest BCUT2D eigenvalue weighted by molar-refractivity contribution is 5.75. The summed E-state index contributed by atoms with van der Waals surface area (Å²) in [6.45, 7) is 1.74. The summed E-state index contributed by atoms with van der Waals surface area (Å²) in [5, 5.41) is 7.04. The molecular formula is C18H21N5O4. The fourth-order valence-corrected chi connectivity index (χ4v) is 3.41. The highest BCUT2D eigenvalue weighted by atomic mass is 16.5. The number of hydrogen-bond donors (Lipinski definition) is 1. The third-order valence-corrected chi connectivity index (χ3v) is 4.81. The second-order valence-corrected chi connectivity index (χ2v) is 6.65. The molecule has 3 heterocycles. The van der Waals surface area contributed by atoms with Crippen molar-refractivity contribution in [3.63, 3.8) is 0 Å². The highest BCUT2D eigenvalue weighted by Gasteiger charge is 2.26. The van der Waals surface area contributed by atoms with Gasteiger partial charge in [-0.15, -0.1) is 5.10 Å². The van der Waals surface area contributed by atoms with Gasteiger partial charge in [0.05, 0.1) is 6.10 Å². The number of hydrogen-bond acceptors (Lipinski definition) is 6. The van der Waals surface area contributed by atoms with Crippen LogP contribution in [0, 0.1) is 0 Å². The first-order valence-electron chi connectivity index (χ1n) is 9.06. The minimum atomic E-state index is -0.791. The molecule has 0 unspecified atom stereocenters. The molecule has 2 aromatic rings. The minimum absolute atomic E-state index is 0.0119. The molecule has 1 atom stereocenters. The number of fused-ring (bicyclic) bond motifs is 1. The van der Waals surface area contributed by atoms with E-state index in [9.17, 15) is 14.4 Å². The van der Waals surface area contributed by atoms with E-state index in [4.69, 9.17) is 4.74 Å². The molecule has 27 heavy (non-hydrogen) atoms. The van der Waals surface area contributed by atoms with Crippen molar-refractivity contribution in [2.45, 2.75) is 32.0 Å². The van der Waals surface area contributed by atoms with Crippen molar-refractivity contribution in [1.82, 2.24) is 19.7 Å². The third kappa shape index (κ3) is 3.50. The summed E-state index contributed by atoms with van der Waals surface area (Å²) in [6.07, 6.45) is 1.90. The molecule has 0 bridgehead atoms. The summed E-state index contributed by atoms with van der Waals surface area (Å²) in [4.78, 5) is 38.8. The first-order valence-corrected chi connectivity index (χ1v) is 9.06. The number of nitrogens with one attached hydrogen (secondary N) is 1. The molecule has 2 aliphatic heterocycles. The Bertz CT molecular complexity index is 946. The lowest BCUT2D eigenvalue weighted by Crippen LogP contribution is -2.45. The topological polar surface area (TPSA) is 98.5 Å². The Morgan fingerprint density at radius 2 is 2.00 bits per heavy atom. The Morgan fingerprint density at radius 1 is 1.19 bits per heavy atom. The lowest BCUT2D eigenvalue weighted by molar-refractivity contribution is -0.122. The molecule has 0 spiro atoms. The van der Waals surface area contributed by atoms with Gasteiger partial charge >= 0.3 is 11.1 Å². The van der Waals surface area contributed by atoms with Crippen LogP contribution in [0.25, 0.3) is 0 Å². The van der Waals surface area contributed by atoms with Crippen LogP contribution in [0.5, 0.6) is 0 Å². The van der Waals surface area contributed by atoms with Gasteiger partial charge in [-0.3, -0.25) is 19.0 Å². The molecular weight excluding hydrogens is 350 g/mol. The number of ether oxygens (including phenoxy) is 1. The number of nitrogens with zero attached hydrogens (tertiary/aromatic N) is 4. The molecule has 1 fully saturated rings. The van der Waals surface area contributed by atoms with Gasteiger partial charge in [0.1, 0.15) is 6.54 Å². The number of benzene rings is 1. The summed E-state index contributed by atoms with van der Waals surface area (Å²) < 4.78 is 7.76. The Hall–Kier alpha value is -2.94.